The smallest absolute Gasteiger partial charge is 0.344 e. The first-order valence-corrected chi connectivity index (χ1v) is 10.4. The van der Waals surface area contributed by atoms with Crippen molar-refractivity contribution in [2.24, 2.45) is 4.99 Å². The summed E-state index contributed by atoms with van der Waals surface area (Å²) >= 11 is 10.9. The first kappa shape index (κ1) is 21.5. The number of carbonyl (C=O) groups excluding carboxylic acids is 1. The summed E-state index contributed by atoms with van der Waals surface area (Å²) in [5, 5.41) is 11.0. The number of aliphatic hydroxyl groups is 1. The molecule has 2 aromatic rings. The summed E-state index contributed by atoms with van der Waals surface area (Å²) in [6, 6.07) is 15.0. The van der Waals surface area contributed by atoms with Crippen molar-refractivity contribution in [3.63, 3.8) is 0 Å². The number of aliphatic imine (C=N–C) groups is 1. The number of aliphatic hydroxyl groups excluding tert-OH is 1. The fraction of sp³-hybridized carbons (Fsp3) is 0.200. The van der Waals surface area contributed by atoms with Crippen LogP contribution < -0.4 is 0 Å². The van der Waals surface area contributed by atoms with Crippen LogP contribution in [0.1, 0.15) is 19.4 Å². The Morgan fingerprint density at radius 1 is 1.26 bits per heavy atom. The second kappa shape index (κ2) is 10.5. The van der Waals surface area contributed by atoms with E-state index in [9.17, 15) is 9.90 Å². The Hall–Kier alpha value is -1.76. The van der Waals surface area contributed by atoms with E-state index < -0.39 is 5.97 Å². The number of thioether (sulfide) groups is 1. The Morgan fingerprint density at radius 2 is 1.96 bits per heavy atom. The first-order chi connectivity index (χ1) is 12.9. The molecule has 0 radical (unpaired) electrons. The average Bonchev–Trinajstić information content (AvgIpc) is 2.63. The highest BCUT2D eigenvalue weighted by Crippen LogP contribution is 2.32. The highest BCUT2D eigenvalue weighted by molar-refractivity contribution is 9.10. The molecule has 1 N–H and O–H groups in total. The maximum atomic E-state index is 12.4. The van der Waals surface area contributed by atoms with Gasteiger partial charge in [0.2, 0.25) is 0 Å². The molecule has 2 aromatic carbocycles. The molecule has 0 aromatic heterocycles. The maximum Gasteiger partial charge on any atom is 0.344 e. The van der Waals surface area contributed by atoms with Gasteiger partial charge in [-0.25, -0.2) is 9.79 Å². The molecule has 0 aliphatic carbocycles. The molecule has 0 saturated heterocycles. The molecule has 0 fully saturated rings. The Bertz CT molecular complexity index is 865. The molecule has 0 atom stereocenters. The molecular formula is C20H19BrClNO3S. The molecule has 0 bridgehead atoms. The molecule has 0 amide bonds. The summed E-state index contributed by atoms with van der Waals surface area (Å²) in [6.45, 7) is 3.36. The molecule has 27 heavy (non-hydrogen) atoms. The van der Waals surface area contributed by atoms with Crippen molar-refractivity contribution < 1.29 is 14.6 Å². The van der Waals surface area contributed by atoms with E-state index in [-0.39, 0.29) is 17.9 Å². The Balaban J connectivity index is 2.46. The van der Waals surface area contributed by atoms with Gasteiger partial charge in [0.1, 0.15) is 16.4 Å². The summed E-state index contributed by atoms with van der Waals surface area (Å²) in [4.78, 5) is 17.0. The van der Waals surface area contributed by atoms with Crippen molar-refractivity contribution >= 4 is 56.0 Å². The molecule has 0 unspecified atom stereocenters. The second-order valence-corrected chi connectivity index (χ2v) is 7.72. The zero-order chi connectivity index (χ0) is 19.8. The number of hydrogen-bond acceptors (Lipinski definition) is 5. The lowest BCUT2D eigenvalue weighted by atomic mass is 10.2. The summed E-state index contributed by atoms with van der Waals surface area (Å²) in [5.41, 5.74) is 1.67. The lowest BCUT2D eigenvalue weighted by Gasteiger charge is -2.12. The number of allylic oxidation sites excluding steroid dienone is 1. The van der Waals surface area contributed by atoms with Crippen LogP contribution in [-0.4, -0.2) is 22.7 Å². The number of ether oxygens (including phenoxy) is 1. The molecule has 0 heterocycles. The SMILES string of the molecule is CCOC(=O)C(C(=Nc1cc(Cl)ccc1Br)SCc1ccccc1)=C(C)O. The monoisotopic (exact) mass is 467 g/mol. The number of benzene rings is 2. The van der Waals surface area contributed by atoms with Gasteiger partial charge in [0, 0.05) is 15.2 Å². The molecule has 0 spiro atoms. The van der Waals surface area contributed by atoms with Crippen LogP contribution in [0.3, 0.4) is 0 Å². The lowest BCUT2D eigenvalue weighted by Crippen LogP contribution is -2.16. The van der Waals surface area contributed by atoms with E-state index in [0.717, 1.165) is 10.0 Å². The fourth-order valence-corrected chi connectivity index (χ4v) is 3.70. The van der Waals surface area contributed by atoms with Gasteiger partial charge < -0.3 is 9.84 Å². The van der Waals surface area contributed by atoms with Crippen molar-refractivity contribution in [1.29, 1.82) is 0 Å². The molecular weight excluding hydrogens is 450 g/mol. The van der Waals surface area contributed by atoms with E-state index in [2.05, 4.69) is 20.9 Å². The van der Waals surface area contributed by atoms with E-state index in [0.29, 0.717) is 21.5 Å². The maximum absolute atomic E-state index is 12.4. The van der Waals surface area contributed by atoms with Gasteiger partial charge >= 0.3 is 5.97 Å². The number of hydrogen-bond donors (Lipinski definition) is 1. The molecule has 4 nitrogen and oxygen atoms in total. The van der Waals surface area contributed by atoms with Crippen molar-refractivity contribution in [2.45, 2.75) is 19.6 Å². The van der Waals surface area contributed by atoms with Gasteiger partial charge in [-0.3, -0.25) is 0 Å². The van der Waals surface area contributed by atoms with E-state index in [1.807, 2.05) is 30.3 Å². The van der Waals surface area contributed by atoms with Gasteiger partial charge in [0.25, 0.3) is 0 Å². The Kier molecular flexibility index (Phi) is 8.41. The van der Waals surface area contributed by atoms with Crippen molar-refractivity contribution in [2.75, 3.05) is 6.61 Å². The van der Waals surface area contributed by atoms with Crippen LogP contribution in [0.5, 0.6) is 0 Å². The van der Waals surface area contributed by atoms with Gasteiger partial charge in [-0.2, -0.15) is 0 Å². The standard InChI is InChI=1S/C20H19BrClNO3S/c1-3-26-20(25)18(13(2)24)19(27-12-14-7-5-4-6-8-14)23-17-11-15(22)9-10-16(17)21/h4-11,24H,3,12H2,1-2H3. The number of rotatable bonds is 6. The molecule has 2 rings (SSSR count). The predicted octanol–water partition coefficient (Wildman–Crippen LogP) is 6.46. The highest BCUT2D eigenvalue weighted by Gasteiger charge is 2.22. The normalized spacial score (nSPS) is 12.5. The quantitative estimate of drug-likeness (QED) is 0.174. The van der Waals surface area contributed by atoms with Crippen LogP contribution in [0.4, 0.5) is 5.69 Å². The van der Waals surface area contributed by atoms with Crippen LogP contribution in [0.2, 0.25) is 5.02 Å². The van der Waals surface area contributed by atoms with Crippen LogP contribution in [0.15, 0.2) is 69.3 Å². The third-order valence-corrected chi connectivity index (χ3v) is 5.36. The summed E-state index contributed by atoms with van der Waals surface area (Å²) in [6.07, 6.45) is 0. The van der Waals surface area contributed by atoms with Gasteiger partial charge in [0.05, 0.1) is 12.3 Å². The Labute approximate surface area is 176 Å². The van der Waals surface area contributed by atoms with Gasteiger partial charge in [0.15, 0.2) is 0 Å². The molecule has 0 aliphatic rings. The van der Waals surface area contributed by atoms with Crippen LogP contribution >= 0.6 is 39.3 Å². The van der Waals surface area contributed by atoms with Crippen molar-refractivity contribution in [3.05, 3.63) is 74.9 Å². The Morgan fingerprint density at radius 3 is 2.59 bits per heavy atom. The predicted molar refractivity (Wildman–Crippen MR) is 116 cm³/mol. The fourth-order valence-electron chi connectivity index (χ4n) is 2.16. The minimum atomic E-state index is -0.616. The van der Waals surface area contributed by atoms with E-state index in [1.54, 1.807) is 25.1 Å². The summed E-state index contributed by atoms with van der Waals surface area (Å²) in [7, 11) is 0. The van der Waals surface area contributed by atoms with Crippen LogP contribution in [0, 0.1) is 0 Å². The first-order valence-electron chi connectivity index (χ1n) is 8.20. The van der Waals surface area contributed by atoms with Gasteiger partial charge in [-0.1, -0.05) is 41.9 Å². The molecule has 0 aliphatic heterocycles. The number of nitrogens with zero attached hydrogens (tertiary/aromatic N) is 1. The second-order valence-electron chi connectivity index (χ2n) is 5.47. The van der Waals surface area contributed by atoms with E-state index in [4.69, 9.17) is 16.3 Å². The highest BCUT2D eigenvalue weighted by atomic mass is 79.9. The lowest BCUT2D eigenvalue weighted by molar-refractivity contribution is -0.138. The van der Waals surface area contributed by atoms with Crippen LogP contribution in [-0.2, 0) is 15.3 Å². The summed E-state index contributed by atoms with van der Waals surface area (Å²) < 4.78 is 5.83. The largest absolute Gasteiger partial charge is 0.512 e. The van der Waals surface area contributed by atoms with Crippen LogP contribution in [0.25, 0.3) is 0 Å². The van der Waals surface area contributed by atoms with E-state index in [1.165, 1.54) is 18.7 Å². The van der Waals surface area contributed by atoms with Gasteiger partial charge in [-0.15, -0.1) is 11.8 Å². The van der Waals surface area contributed by atoms with Crippen molar-refractivity contribution in [3.8, 4) is 0 Å². The average molecular weight is 469 g/mol. The summed E-state index contributed by atoms with van der Waals surface area (Å²) in [5.74, 6) is -0.186. The third kappa shape index (κ3) is 6.41. The van der Waals surface area contributed by atoms with Gasteiger partial charge in [-0.05, 0) is 53.5 Å². The zero-order valence-corrected chi connectivity index (χ0v) is 18.1. The number of esters is 1. The zero-order valence-electron chi connectivity index (χ0n) is 14.9. The minimum absolute atomic E-state index is 0.0460. The topological polar surface area (TPSA) is 58.9 Å². The van der Waals surface area contributed by atoms with E-state index >= 15 is 0 Å². The molecule has 0 saturated carbocycles. The number of halogens is 2. The minimum Gasteiger partial charge on any atom is -0.512 e. The molecule has 142 valence electrons. The molecule has 7 heteroatoms. The number of carbonyl (C=O) groups is 1. The van der Waals surface area contributed by atoms with Crippen molar-refractivity contribution in [1.82, 2.24) is 0 Å². The third-order valence-electron chi connectivity index (χ3n) is 3.40.